The summed E-state index contributed by atoms with van der Waals surface area (Å²) < 4.78 is 37.9. The molecule has 2 rings (SSSR count). The maximum absolute atomic E-state index is 12.6. The Morgan fingerprint density at radius 3 is 2.24 bits per heavy atom. The lowest BCUT2D eigenvalue weighted by Crippen LogP contribution is -2.13. The van der Waals surface area contributed by atoms with Crippen LogP contribution in [0, 0.1) is 0 Å². The third-order valence-corrected chi connectivity index (χ3v) is 2.85. The van der Waals surface area contributed by atoms with Crippen molar-refractivity contribution in [3.8, 4) is 0 Å². The Morgan fingerprint density at radius 1 is 1.10 bits per heavy atom. The molecule has 21 heavy (non-hydrogen) atoms. The maximum atomic E-state index is 12.6. The highest BCUT2D eigenvalue weighted by Crippen LogP contribution is 2.28. The largest absolute Gasteiger partial charge is 0.451 e. The van der Waals surface area contributed by atoms with Crippen LogP contribution in [0.2, 0.25) is 0 Å². The van der Waals surface area contributed by atoms with Crippen LogP contribution >= 0.6 is 0 Å². The van der Waals surface area contributed by atoms with Crippen LogP contribution in [0.1, 0.15) is 31.2 Å². The lowest BCUT2D eigenvalue weighted by Gasteiger charge is -2.11. The van der Waals surface area contributed by atoms with Gasteiger partial charge < -0.3 is 11.1 Å². The first kappa shape index (κ1) is 15.1. The first-order chi connectivity index (χ1) is 9.75. The standard InChI is InChI=1S/C14H15F3N4/c1-8(2)9-3-5-10(6-4-9)19-12-7-11(18)20-13(21-12)14(15,16)17/h3-8H,1-2H3,(H3,18,19,20,21). The van der Waals surface area contributed by atoms with E-state index >= 15 is 0 Å². The lowest BCUT2D eigenvalue weighted by molar-refractivity contribution is -0.144. The van der Waals surface area contributed by atoms with Crippen LogP contribution in [0.3, 0.4) is 0 Å². The van der Waals surface area contributed by atoms with Gasteiger partial charge in [-0.05, 0) is 23.6 Å². The van der Waals surface area contributed by atoms with E-state index in [0.717, 1.165) is 5.56 Å². The molecular formula is C14H15F3N4. The third kappa shape index (κ3) is 3.84. The second kappa shape index (κ2) is 5.59. The molecule has 0 radical (unpaired) electrons. The maximum Gasteiger partial charge on any atom is 0.451 e. The lowest BCUT2D eigenvalue weighted by atomic mass is 10.0. The Kier molecular flexibility index (Phi) is 4.02. The van der Waals surface area contributed by atoms with Crippen LogP contribution in [0.5, 0.6) is 0 Å². The van der Waals surface area contributed by atoms with Crippen LogP contribution in [0.4, 0.5) is 30.5 Å². The summed E-state index contributed by atoms with van der Waals surface area (Å²) in [5.41, 5.74) is 7.15. The normalized spacial score (nSPS) is 11.7. The molecule has 4 nitrogen and oxygen atoms in total. The van der Waals surface area contributed by atoms with Crippen LogP contribution in [-0.2, 0) is 6.18 Å². The average Bonchev–Trinajstić information content (AvgIpc) is 2.37. The van der Waals surface area contributed by atoms with E-state index in [1.54, 1.807) is 12.1 Å². The molecule has 0 aliphatic rings. The number of hydrogen-bond acceptors (Lipinski definition) is 4. The van der Waals surface area contributed by atoms with Crippen LogP contribution in [0.25, 0.3) is 0 Å². The van der Waals surface area contributed by atoms with Gasteiger partial charge in [-0.15, -0.1) is 0 Å². The Morgan fingerprint density at radius 2 is 1.71 bits per heavy atom. The van der Waals surface area contributed by atoms with Crippen molar-refractivity contribution in [2.45, 2.75) is 25.9 Å². The number of nitrogens with one attached hydrogen (secondary N) is 1. The number of nitrogens with zero attached hydrogens (tertiary/aromatic N) is 2. The van der Waals surface area contributed by atoms with Crippen LogP contribution in [-0.4, -0.2) is 9.97 Å². The van der Waals surface area contributed by atoms with Crippen molar-refractivity contribution in [3.05, 3.63) is 41.7 Å². The Bertz CT molecular complexity index is 621. The molecule has 7 heteroatoms. The number of alkyl halides is 3. The van der Waals surface area contributed by atoms with Gasteiger partial charge in [0.15, 0.2) is 0 Å². The molecular weight excluding hydrogens is 281 g/mol. The Labute approximate surface area is 120 Å². The van der Waals surface area contributed by atoms with Crippen molar-refractivity contribution in [2.24, 2.45) is 0 Å². The van der Waals surface area contributed by atoms with E-state index in [0.29, 0.717) is 11.6 Å². The third-order valence-electron chi connectivity index (χ3n) is 2.85. The summed E-state index contributed by atoms with van der Waals surface area (Å²) in [5, 5.41) is 2.79. The minimum absolute atomic E-state index is 0.00659. The summed E-state index contributed by atoms with van der Waals surface area (Å²) in [7, 11) is 0. The number of nitrogens with two attached hydrogens (primary N) is 1. The van der Waals surface area contributed by atoms with Gasteiger partial charge in [0.1, 0.15) is 11.6 Å². The first-order valence-electron chi connectivity index (χ1n) is 6.34. The molecule has 0 aliphatic heterocycles. The van der Waals surface area contributed by atoms with Gasteiger partial charge in [0.25, 0.3) is 0 Å². The Balaban J connectivity index is 2.25. The van der Waals surface area contributed by atoms with Gasteiger partial charge in [-0.1, -0.05) is 26.0 Å². The van der Waals surface area contributed by atoms with E-state index in [2.05, 4.69) is 29.1 Å². The highest BCUT2D eigenvalue weighted by atomic mass is 19.4. The zero-order chi connectivity index (χ0) is 15.6. The fraction of sp³-hybridized carbons (Fsp3) is 0.286. The van der Waals surface area contributed by atoms with E-state index in [9.17, 15) is 13.2 Å². The fourth-order valence-electron chi connectivity index (χ4n) is 1.76. The second-order valence-electron chi connectivity index (χ2n) is 4.90. The number of nitrogen functional groups attached to an aromatic ring is 1. The molecule has 1 aromatic carbocycles. The minimum Gasteiger partial charge on any atom is -0.384 e. The second-order valence-corrected chi connectivity index (χ2v) is 4.90. The molecule has 0 aliphatic carbocycles. The number of benzene rings is 1. The predicted octanol–water partition coefficient (Wildman–Crippen LogP) is 3.94. The fourth-order valence-corrected chi connectivity index (χ4v) is 1.76. The molecule has 0 fully saturated rings. The molecule has 0 atom stereocenters. The zero-order valence-corrected chi connectivity index (χ0v) is 11.6. The number of halogens is 3. The number of aromatic nitrogens is 2. The molecule has 1 aromatic heterocycles. The van der Waals surface area contributed by atoms with E-state index < -0.39 is 12.0 Å². The molecule has 2 aromatic rings. The molecule has 112 valence electrons. The van der Waals surface area contributed by atoms with Crippen molar-refractivity contribution >= 4 is 17.3 Å². The quantitative estimate of drug-likeness (QED) is 0.900. The molecule has 3 N–H and O–H groups in total. The van der Waals surface area contributed by atoms with E-state index in [-0.39, 0.29) is 11.6 Å². The summed E-state index contributed by atoms with van der Waals surface area (Å²) in [6, 6.07) is 8.62. The van der Waals surface area contributed by atoms with Gasteiger partial charge in [0.05, 0.1) is 0 Å². The zero-order valence-electron chi connectivity index (χ0n) is 11.6. The van der Waals surface area contributed by atoms with Crippen molar-refractivity contribution in [1.82, 2.24) is 9.97 Å². The Hall–Kier alpha value is -2.31. The van der Waals surface area contributed by atoms with Crippen molar-refractivity contribution in [2.75, 3.05) is 11.1 Å². The molecule has 0 bridgehead atoms. The minimum atomic E-state index is -4.63. The molecule has 0 amide bonds. The predicted molar refractivity (Wildman–Crippen MR) is 75.3 cm³/mol. The monoisotopic (exact) mass is 296 g/mol. The van der Waals surface area contributed by atoms with Crippen molar-refractivity contribution in [3.63, 3.8) is 0 Å². The highest BCUT2D eigenvalue weighted by Gasteiger charge is 2.35. The highest BCUT2D eigenvalue weighted by molar-refractivity contribution is 5.59. The summed E-state index contributed by atoms with van der Waals surface area (Å²) in [4.78, 5) is 6.62. The SMILES string of the molecule is CC(C)c1ccc(Nc2cc(N)nc(C(F)(F)F)n2)cc1. The van der Waals surface area contributed by atoms with Gasteiger partial charge in [0.2, 0.25) is 5.82 Å². The summed E-state index contributed by atoms with van der Waals surface area (Å²) in [6.45, 7) is 4.12. The van der Waals surface area contributed by atoms with Gasteiger partial charge in [-0.3, -0.25) is 0 Å². The number of rotatable bonds is 3. The number of anilines is 3. The van der Waals surface area contributed by atoms with Gasteiger partial charge in [-0.25, -0.2) is 9.97 Å². The summed E-state index contributed by atoms with van der Waals surface area (Å²) >= 11 is 0. The van der Waals surface area contributed by atoms with Gasteiger partial charge >= 0.3 is 6.18 Å². The van der Waals surface area contributed by atoms with Crippen LogP contribution in [0.15, 0.2) is 30.3 Å². The molecule has 0 saturated heterocycles. The van der Waals surface area contributed by atoms with Crippen LogP contribution < -0.4 is 11.1 Å². The smallest absolute Gasteiger partial charge is 0.384 e. The molecule has 1 heterocycles. The van der Waals surface area contributed by atoms with E-state index in [1.165, 1.54) is 6.07 Å². The average molecular weight is 296 g/mol. The van der Waals surface area contributed by atoms with Gasteiger partial charge in [0, 0.05) is 11.8 Å². The van der Waals surface area contributed by atoms with E-state index in [1.807, 2.05) is 12.1 Å². The topological polar surface area (TPSA) is 63.8 Å². The van der Waals surface area contributed by atoms with Gasteiger partial charge in [-0.2, -0.15) is 13.2 Å². The first-order valence-corrected chi connectivity index (χ1v) is 6.34. The van der Waals surface area contributed by atoms with Crippen molar-refractivity contribution in [1.29, 1.82) is 0 Å². The number of hydrogen-bond donors (Lipinski definition) is 2. The van der Waals surface area contributed by atoms with E-state index in [4.69, 9.17) is 5.73 Å². The van der Waals surface area contributed by atoms with Crippen molar-refractivity contribution < 1.29 is 13.2 Å². The molecule has 0 unspecified atom stereocenters. The summed E-state index contributed by atoms with van der Waals surface area (Å²) in [6.07, 6.45) is -4.63. The molecule has 0 spiro atoms. The molecule has 0 saturated carbocycles. The summed E-state index contributed by atoms with van der Waals surface area (Å²) in [5.74, 6) is -1.11.